The second-order valence-electron chi connectivity index (χ2n) is 3.48. The van der Waals surface area contributed by atoms with Gasteiger partial charge >= 0.3 is 6.18 Å². The van der Waals surface area contributed by atoms with Crippen molar-refractivity contribution >= 4 is 34.8 Å². The van der Waals surface area contributed by atoms with Crippen LogP contribution in [0.5, 0.6) is 0 Å². The zero-order valence-electron chi connectivity index (χ0n) is 8.71. The Balaban J connectivity index is 2.83. The molecule has 96 valence electrons. The van der Waals surface area contributed by atoms with Crippen molar-refractivity contribution in [3.8, 4) is 0 Å². The third-order valence-electron chi connectivity index (χ3n) is 2.14. The molecular formula is C10H9Cl3F3N. The molecule has 1 rings (SSSR count). The molecular weight excluding hydrogens is 297 g/mol. The largest absolute Gasteiger partial charge is 0.401 e. The average molecular weight is 307 g/mol. The molecule has 0 aromatic heterocycles. The molecule has 0 radical (unpaired) electrons. The first kappa shape index (κ1) is 14.9. The minimum absolute atomic E-state index is 0.145. The predicted molar refractivity (Wildman–Crippen MR) is 63.9 cm³/mol. The molecule has 0 saturated heterocycles. The molecule has 1 aromatic carbocycles. The molecule has 0 amide bonds. The number of rotatable bonds is 3. The van der Waals surface area contributed by atoms with Crippen LogP contribution in [0.4, 0.5) is 13.2 Å². The summed E-state index contributed by atoms with van der Waals surface area (Å²) >= 11 is 17.4. The maximum atomic E-state index is 12.0. The van der Waals surface area contributed by atoms with Crippen LogP contribution in [0.1, 0.15) is 18.5 Å². The molecule has 7 heteroatoms. The van der Waals surface area contributed by atoms with E-state index in [9.17, 15) is 13.2 Å². The Kier molecular flexibility index (Phi) is 4.95. The monoisotopic (exact) mass is 305 g/mol. The molecule has 17 heavy (non-hydrogen) atoms. The molecule has 1 unspecified atom stereocenters. The van der Waals surface area contributed by atoms with Gasteiger partial charge in [-0.3, -0.25) is 0 Å². The second kappa shape index (κ2) is 5.65. The van der Waals surface area contributed by atoms with Gasteiger partial charge in [0.05, 0.1) is 21.6 Å². The van der Waals surface area contributed by atoms with Crippen LogP contribution >= 0.6 is 34.8 Å². The summed E-state index contributed by atoms with van der Waals surface area (Å²) in [6.07, 6.45) is -4.27. The minimum Gasteiger partial charge on any atom is -0.302 e. The number of alkyl halides is 3. The molecule has 0 aliphatic heterocycles. The lowest BCUT2D eigenvalue weighted by Gasteiger charge is -2.17. The maximum Gasteiger partial charge on any atom is 0.401 e. The fourth-order valence-corrected chi connectivity index (χ4v) is 1.96. The van der Waals surface area contributed by atoms with Crippen molar-refractivity contribution in [2.75, 3.05) is 6.54 Å². The van der Waals surface area contributed by atoms with E-state index in [1.54, 1.807) is 13.0 Å². The van der Waals surface area contributed by atoms with Gasteiger partial charge in [-0.1, -0.05) is 40.9 Å². The van der Waals surface area contributed by atoms with Gasteiger partial charge < -0.3 is 5.32 Å². The third-order valence-corrected chi connectivity index (χ3v) is 3.45. The smallest absolute Gasteiger partial charge is 0.302 e. The Morgan fingerprint density at radius 1 is 1.18 bits per heavy atom. The number of halogens is 6. The van der Waals surface area contributed by atoms with Crippen LogP contribution < -0.4 is 5.32 Å². The van der Waals surface area contributed by atoms with Crippen LogP contribution in [-0.2, 0) is 0 Å². The predicted octanol–water partition coefficient (Wildman–Crippen LogP) is 4.86. The number of benzene rings is 1. The fraction of sp³-hybridized carbons (Fsp3) is 0.400. The first-order chi connectivity index (χ1) is 7.72. The zero-order chi connectivity index (χ0) is 13.2. The Bertz CT molecular complexity index is 407. The maximum absolute atomic E-state index is 12.0. The van der Waals surface area contributed by atoms with E-state index in [2.05, 4.69) is 5.32 Å². The Labute approximate surface area is 112 Å². The molecule has 0 aliphatic rings. The molecule has 1 atom stereocenters. The molecule has 1 nitrogen and oxygen atoms in total. The number of nitrogens with one attached hydrogen (secondary N) is 1. The molecule has 1 N–H and O–H groups in total. The lowest BCUT2D eigenvalue weighted by atomic mass is 10.1. The molecule has 1 aromatic rings. The van der Waals surface area contributed by atoms with Gasteiger partial charge in [-0.2, -0.15) is 13.2 Å². The van der Waals surface area contributed by atoms with E-state index < -0.39 is 18.8 Å². The lowest BCUT2D eigenvalue weighted by molar-refractivity contribution is -0.126. The highest BCUT2D eigenvalue weighted by Crippen LogP contribution is 2.35. The first-order valence-electron chi connectivity index (χ1n) is 4.66. The Hall–Kier alpha value is -0.160. The van der Waals surface area contributed by atoms with Crippen LogP contribution in [0.15, 0.2) is 12.1 Å². The first-order valence-corrected chi connectivity index (χ1v) is 5.79. The summed E-state index contributed by atoms with van der Waals surface area (Å²) in [6.45, 7) is 0.474. The fourth-order valence-electron chi connectivity index (χ4n) is 1.25. The van der Waals surface area contributed by atoms with Crippen molar-refractivity contribution in [1.29, 1.82) is 0 Å². The standard InChI is InChI=1S/C10H9Cl3F3N/c1-5(17-4-10(14,15)16)6-2-3-7(11)9(13)8(6)12/h2-3,5,17H,4H2,1H3. The number of hydrogen-bond acceptors (Lipinski definition) is 1. The summed E-state index contributed by atoms with van der Waals surface area (Å²) in [7, 11) is 0. The van der Waals surface area contributed by atoms with E-state index in [1.165, 1.54) is 6.07 Å². The molecule has 0 saturated carbocycles. The summed E-state index contributed by atoms with van der Waals surface area (Å²) in [5.74, 6) is 0. The van der Waals surface area contributed by atoms with E-state index in [0.717, 1.165) is 0 Å². The van der Waals surface area contributed by atoms with Crippen LogP contribution in [0, 0.1) is 0 Å². The van der Waals surface area contributed by atoms with Gasteiger partial charge in [0.2, 0.25) is 0 Å². The Morgan fingerprint density at radius 3 is 2.29 bits per heavy atom. The van der Waals surface area contributed by atoms with Gasteiger partial charge in [-0.15, -0.1) is 0 Å². The van der Waals surface area contributed by atoms with Crippen molar-refractivity contribution < 1.29 is 13.2 Å². The topological polar surface area (TPSA) is 12.0 Å². The van der Waals surface area contributed by atoms with Gasteiger partial charge in [0.1, 0.15) is 0 Å². The molecule has 0 heterocycles. The van der Waals surface area contributed by atoms with Crippen molar-refractivity contribution in [2.45, 2.75) is 19.1 Å². The summed E-state index contributed by atoms with van der Waals surface area (Å²) in [6, 6.07) is 2.47. The van der Waals surface area contributed by atoms with Crippen LogP contribution in [0.25, 0.3) is 0 Å². The summed E-state index contributed by atoms with van der Waals surface area (Å²) < 4.78 is 36.1. The molecule has 0 aliphatic carbocycles. The van der Waals surface area contributed by atoms with E-state index >= 15 is 0 Å². The van der Waals surface area contributed by atoms with Gasteiger partial charge in [0.15, 0.2) is 0 Å². The second-order valence-corrected chi connectivity index (χ2v) is 4.65. The normalized spacial score (nSPS) is 13.8. The van der Waals surface area contributed by atoms with Gasteiger partial charge in [0, 0.05) is 6.04 Å². The average Bonchev–Trinajstić information content (AvgIpc) is 2.22. The molecule has 0 fully saturated rings. The van der Waals surface area contributed by atoms with Crippen LogP contribution in [-0.4, -0.2) is 12.7 Å². The van der Waals surface area contributed by atoms with E-state index in [-0.39, 0.29) is 15.1 Å². The highest BCUT2D eigenvalue weighted by Gasteiger charge is 2.28. The molecule has 0 bridgehead atoms. The number of hydrogen-bond donors (Lipinski definition) is 1. The highest BCUT2D eigenvalue weighted by molar-refractivity contribution is 6.48. The van der Waals surface area contributed by atoms with Gasteiger partial charge in [0.25, 0.3) is 0 Å². The van der Waals surface area contributed by atoms with E-state index in [1.807, 2.05) is 0 Å². The summed E-state index contributed by atoms with van der Waals surface area (Å²) in [5.41, 5.74) is 0.477. The summed E-state index contributed by atoms with van der Waals surface area (Å²) in [5, 5.41) is 2.90. The molecule has 0 spiro atoms. The van der Waals surface area contributed by atoms with Gasteiger partial charge in [-0.25, -0.2) is 0 Å². The van der Waals surface area contributed by atoms with Crippen LogP contribution in [0.2, 0.25) is 15.1 Å². The SMILES string of the molecule is CC(NCC(F)(F)F)c1ccc(Cl)c(Cl)c1Cl. The highest BCUT2D eigenvalue weighted by atomic mass is 35.5. The van der Waals surface area contributed by atoms with Crippen molar-refractivity contribution in [3.05, 3.63) is 32.8 Å². The van der Waals surface area contributed by atoms with Crippen molar-refractivity contribution in [3.63, 3.8) is 0 Å². The van der Waals surface area contributed by atoms with Gasteiger partial charge in [-0.05, 0) is 18.6 Å². The summed E-state index contributed by atoms with van der Waals surface area (Å²) in [4.78, 5) is 0. The quantitative estimate of drug-likeness (QED) is 0.786. The van der Waals surface area contributed by atoms with Crippen molar-refractivity contribution in [1.82, 2.24) is 5.32 Å². The third kappa shape index (κ3) is 4.21. The van der Waals surface area contributed by atoms with Crippen molar-refractivity contribution in [2.24, 2.45) is 0 Å². The lowest BCUT2D eigenvalue weighted by Crippen LogP contribution is -2.31. The minimum atomic E-state index is -4.27. The van der Waals surface area contributed by atoms with E-state index in [0.29, 0.717) is 5.56 Å². The van der Waals surface area contributed by atoms with E-state index in [4.69, 9.17) is 34.8 Å². The Morgan fingerprint density at radius 2 is 1.76 bits per heavy atom. The van der Waals surface area contributed by atoms with Crippen LogP contribution in [0.3, 0.4) is 0 Å². The zero-order valence-corrected chi connectivity index (χ0v) is 11.0.